The number of hydrogen-bond donors (Lipinski definition) is 0. The summed E-state index contributed by atoms with van der Waals surface area (Å²) in [5.41, 5.74) is 0.726. The Labute approximate surface area is 73.0 Å². The highest BCUT2D eigenvalue weighted by atomic mass is 35.5. The highest BCUT2D eigenvalue weighted by Crippen LogP contribution is 2.14. The molecule has 0 aliphatic heterocycles. The van der Waals surface area contributed by atoms with Crippen LogP contribution in [-0.4, -0.2) is 9.97 Å². The number of nitrogens with zero attached hydrogens (tertiary/aromatic N) is 2. The SMILES string of the molecule is Fc1cccc2ncc(Cl)nc12. The summed E-state index contributed by atoms with van der Waals surface area (Å²) in [5, 5.41) is 0.201. The number of halogens is 2. The van der Waals surface area contributed by atoms with Crippen LogP contribution in [0.1, 0.15) is 0 Å². The normalized spacial score (nSPS) is 10.5. The van der Waals surface area contributed by atoms with Gasteiger partial charge < -0.3 is 0 Å². The predicted molar refractivity (Wildman–Crippen MR) is 44.5 cm³/mol. The number of fused-ring (bicyclic) bond motifs is 1. The number of hydrogen-bond acceptors (Lipinski definition) is 2. The maximum absolute atomic E-state index is 13.0. The van der Waals surface area contributed by atoms with Crippen LogP contribution in [0, 0.1) is 5.82 Å². The Morgan fingerprint density at radius 1 is 1.33 bits per heavy atom. The summed E-state index contributed by atoms with van der Waals surface area (Å²) >= 11 is 5.55. The first-order valence-electron chi connectivity index (χ1n) is 3.34. The van der Waals surface area contributed by atoms with Crippen molar-refractivity contribution >= 4 is 22.6 Å². The second kappa shape index (κ2) is 2.68. The average Bonchev–Trinajstić information content (AvgIpc) is 2.07. The van der Waals surface area contributed by atoms with Crippen molar-refractivity contribution in [2.45, 2.75) is 0 Å². The number of aromatic nitrogens is 2. The van der Waals surface area contributed by atoms with Gasteiger partial charge in [-0.05, 0) is 12.1 Å². The fraction of sp³-hybridized carbons (Fsp3) is 0. The number of para-hydroxylation sites is 1. The number of rotatable bonds is 0. The Kier molecular flexibility index (Phi) is 1.66. The summed E-state index contributed by atoms with van der Waals surface area (Å²) in [7, 11) is 0. The monoisotopic (exact) mass is 182 g/mol. The Morgan fingerprint density at radius 3 is 3.00 bits per heavy atom. The van der Waals surface area contributed by atoms with Crippen LogP contribution >= 0.6 is 11.6 Å². The van der Waals surface area contributed by atoms with Gasteiger partial charge in [0.2, 0.25) is 0 Å². The van der Waals surface area contributed by atoms with Crippen molar-refractivity contribution in [2.75, 3.05) is 0 Å². The molecular formula is C8H4ClFN2. The second-order valence-electron chi connectivity index (χ2n) is 2.30. The van der Waals surface area contributed by atoms with E-state index in [0.29, 0.717) is 5.52 Å². The van der Waals surface area contributed by atoms with Gasteiger partial charge in [-0.1, -0.05) is 17.7 Å². The van der Waals surface area contributed by atoms with Crippen LogP contribution < -0.4 is 0 Å². The third-order valence-corrected chi connectivity index (χ3v) is 1.68. The molecular weight excluding hydrogens is 179 g/mol. The minimum Gasteiger partial charge on any atom is -0.251 e. The smallest absolute Gasteiger partial charge is 0.151 e. The molecule has 2 rings (SSSR count). The van der Waals surface area contributed by atoms with Gasteiger partial charge in [0, 0.05) is 0 Å². The zero-order chi connectivity index (χ0) is 8.55. The molecule has 0 radical (unpaired) electrons. The summed E-state index contributed by atoms with van der Waals surface area (Å²) < 4.78 is 13.0. The van der Waals surface area contributed by atoms with E-state index in [1.807, 2.05) is 0 Å². The van der Waals surface area contributed by atoms with Crippen molar-refractivity contribution in [3.05, 3.63) is 35.4 Å². The van der Waals surface area contributed by atoms with Gasteiger partial charge in [0.25, 0.3) is 0 Å². The molecule has 1 heterocycles. The standard InChI is InChI=1S/C8H4ClFN2/c9-7-4-11-6-3-1-2-5(10)8(6)12-7/h1-4H. The van der Waals surface area contributed by atoms with Gasteiger partial charge in [0.1, 0.15) is 10.7 Å². The van der Waals surface area contributed by atoms with Gasteiger partial charge in [-0.15, -0.1) is 0 Å². The van der Waals surface area contributed by atoms with Crippen molar-refractivity contribution in [3.63, 3.8) is 0 Å². The summed E-state index contributed by atoms with van der Waals surface area (Å²) in [4.78, 5) is 7.71. The Balaban J connectivity index is 2.88. The van der Waals surface area contributed by atoms with Crippen LogP contribution in [0.5, 0.6) is 0 Å². The fourth-order valence-electron chi connectivity index (χ4n) is 0.977. The van der Waals surface area contributed by atoms with E-state index in [0.717, 1.165) is 0 Å². The zero-order valence-corrected chi connectivity index (χ0v) is 6.72. The van der Waals surface area contributed by atoms with Crippen LogP contribution in [0.25, 0.3) is 11.0 Å². The maximum atomic E-state index is 13.0. The van der Waals surface area contributed by atoms with E-state index in [4.69, 9.17) is 11.6 Å². The lowest BCUT2D eigenvalue weighted by molar-refractivity contribution is 0.636. The molecule has 2 nitrogen and oxygen atoms in total. The predicted octanol–water partition coefficient (Wildman–Crippen LogP) is 2.42. The summed E-state index contributed by atoms with van der Waals surface area (Å²) in [6.07, 6.45) is 1.39. The van der Waals surface area contributed by atoms with Crippen LogP contribution in [-0.2, 0) is 0 Å². The minimum absolute atomic E-state index is 0.201. The summed E-state index contributed by atoms with van der Waals surface area (Å²) in [6, 6.07) is 4.59. The van der Waals surface area contributed by atoms with Crippen LogP contribution in [0.15, 0.2) is 24.4 Å². The van der Waals surface area contributed by atoms with E-state index in [-0.39, 0.29) is 10.7 Å². The molecule has 0 N–H and O–H groups in total. The molecule has 0 bridgehead atoms. The molecule has 0 aliphatic carbocycles. The second-order valence-corrected chi connectivity index (χ2v) is 2.69. The summed E-state index contributed by atoms with van der Waals surface area (Å²) in [5.74, 6) is -0.400. The van der Waals surface area contributed by atoms with Crippen molar-refractivity contribution in [3.8, 4) is 0 Å². The zero-order valence-electron chi connectivity index (χ0n) is 5.96. The van der Waals surface area contributed by atoms with Gasteiger partial charge >= 0.3 is 0 Å². The van der Waals surface area contributed by atoms with Gasteiger partial charge in [0.15, 0.2) is 5.82 Å². The van der Waals surface area contributed by atoms with E-state index < -0.39 is 5.82 Å². The average molecular weight is 183 g/mol. The molecule has 1 aromatic heterocycles. The fourth-order valence-corrected chi connectivity index (χ4v) is 1.11. The first-order chi connectivity index (χ1) is 5.77. The van der Waals surface area contributed by atoms with Crippen molar-refractivity contribution in [1.82, 2.24) is 9.97 Å². The molecule has 0 atom stereocenters. The van der Waals surface area contributed by atoms with Crippen molar-refractivity contribution < 1.29 is 4.39 Å². The molecule has 0 unspecified atom stereocenters. The van der Waals surface area contributed by atoms with Gasteiger partial charge in [-0.3, -0.25) is 4.98 Å². The van der Waals surface area contributed by atoms with Crippen molar-refractivity contribution in [2.24, 2.45) is 0 Å². The van der Waals surface area contributed by atoms with Gasteiger partial charge in [-0.25, -0.2) is 9.37 Å². The largest absolute Gasteiger partial charge is 0.251 e. The maximum Gasteiger partial charge on any atom is 0.151 e. The lowest BCUT2D eigenvalue weighted by atomic mass is 10.3. The molecule has 0 saturated carbocycles. The Morgan fingerprint density at radius 2 is 2.17 bits per heavy atom. The van der Waals surface area contributed by atoms with Crippen molar-refractivity contribution in [1.29, 1.82) is 0 Å². The van der Waals surface area contributed by atoms with Gasteiger partial charge in [0.05, 0.1) is 11.7 Å². The quantitative estimate of drug-likeness (QED) is 0.625. The van der Waals surface area contributed by atoms with E-state index in [2.05, 4.69) is 9.97 Å². The Hall–Kier alpha value is -1.22. The Bertz CT molecular complexity index is 430. The van der Waals surface area contributed by atoms with Crippen LogP contribution in [0.4, 0.5) is 4.39 Å². The van der Waals surface area contributed by atoms with E-state index in [1.54, 1.807) is 12.1 Å². The molecule has 0 fully saturated rings. The molecule has 0 aliphatic rings. The van der Waals surface area contributed by atoms with E-state index in [1.165, 1.54) is 12.3 Å². The highest BCUT2D eigenvalue weighted by Gasteiger charge is 2.02. The minimum atomic E-state index is -0.400. The number of benzene rings is 1. The molecule has 12 heavy (non-hydrogen) atoms. The third-order valence-electron chi connectivity index (χ3n) is 1.49. The molecule has 1 aromatic carbocycles. The van der Waals surface area contributed by atoms with E-state index in [9.17, 15) is 4.39 Å². The summed E-state index contributed by atoms with van der Waals surface area (Å²) in [6.45, 7) is 0. The first-order valence-corrected chi connectivity index (χ1v) is 3.72. The molecule has 60 valence electrons. The van der Waals surface area contributed by atoms with Gasteiger partial charge in [-0.2, -0.15) is 0 Å². The van der Waals surface area contributed by atoms with Crippen LogP contribution in [0.3, 0.4) is 0 Å². The molecule has 2 aromatic rings. The molecule has 0 saturated heterocycles. The highest BCUT2D eigenvalue weighted by molar-refractivity contribution is 6.29. The first kappa shape index (κ1) is 7.43. The molecule has 0 amide bonds. The molecule has 4 heteroatoms. The molecule has 0 spiro atoms. The van der Waals surface area contributed by atoms with Crippen LogP contribution in [0.2, 0.25) is 5.15 Å². The van der Waals surface area contributed by atoms with E-state index >= 15 is 0 Å². The lowest BCUT2D eigenvalue weighted by Crippen LogP contribution is -1.86. The lowest BCUT2D eigenvalue weighted by Gasteiger charge is -1.96. The topological polar surface area (TPSA) is 25.8 Å². The third kappa shape index (κ3) is 1.12.